The highest BCUT2D eigenvalue weighted by Gasteiger charge is 2.09. The zero-order chi connectivity index (χ0) is 11.8. The first-order valence-electron chi connectivity index (χ1n) is 5.28. The van der Waals surface area contributed by atoms with Crippen molar-refractivity contribution in [1.29, 1.82) is 0 Å². The lowest BCUT2D eigenvalue weighted by atomic mass is 10.3. The molecule has 16 heavy (non-hydrogen) atoms. The summed E-state index contributed by atoms with van der Waals surface area (Å²) in [5, 5.41) is 0. The maximum absolute atomic E-state index is 11.4. The number of benzene rings is 1. The zero-order valence-electron chi connectivity index (χ0n) is 9.60. The molecular weight excluding hydrogens is 204 g/mol. The molecule has 1 aromatic carbocycles. The highest BCUT2D eigenvalue weighted by molar-refractivity contribution is 5.88. The second-order valence-electron chi connectivity index (χ2n) is 3.14. The van der Waals surface area contributed by atoms with Crippen LogP contribution in [0.3, 0.4) is 0 Å². The smallest absolute Gasteiger partial charge is 0.337 e. The molecule has 0 radical (unpaired) electrons. The summed E-state index contributed by atoms with van der Waals surface area (Å²) in [6.45, 7) is 4.19. The van der Waals surface area contributed by atoms with E-state index in [2.05, 4.69) is 0 Å². The van der Waals surface area contributed by atoms with Gasteiger partial charge in [0.15, 0.2) is 0 Å². The van der Waals surface area contributed by atoms with E-state index < -0.39 is 0 Å². The largest absolute Gasteiger partial charge is 0.489 e. The predicted octanol–water partition coefficient (Wildman–Crippen LogP) is 2.57. The Balaban J connectivity index is 2.50. The Kier molecular flexibility index (Phi) is 5.12. The van der Waals surface area contributed by atoms with Gasteiger partial charge in [0.1, 0.15) is 12.4 Å². The third-order valence-corrected chi connectivity index (χ3v) is 2.02. The van der Waals surface area contributed by atoms with E-state index in [1.807, 2.05) is 30.3 Å². The highest BCUT2D eigenvalue weighted by atomic mass is 16.5. The Bertz CT molecular complexity index is 355. The van der Waals surface area contributed by atoms with Crippen LogP contribution in [0.1, 0.15) is 13.8 Å². The number of rotatable bonds is 5. The van der Waals surface area contributed by atoms with Crippen LogP contribution < -0.4 is 4.74 Å². The van der Waals surface area contributed by atoms with Gasteiger partial charge in [0, 0.05) is 0 Å². The fourth-order valence-electron chi connectivity index (χ4n) is 1.16. The lowest BCUT2D eigenvalue weighted by molar-refractivity contribution is -0.138. The molecule has 0 aliphatic heterocycles. The molecule has 3 nitrogen and oxygen atoms in total. The van der Waals surface area contributed by atoms with Crippen LogP contribution in [0.15, 0.2) is 42.0 Å². The van der Waals surface area contributed by atoms with Crippen molar-refractivity contribution < 1.29 is 14.3 Å². The summed E-state index contributed by atoms with van der Waals surface area (Å²) in [5.74, 6) is 0.423. The zero-order valence-corrected chi connectivity index (χ0v) is 9.60. The van der Waals surface area contributed by atoms with E-state index >= 15 is 0 Å². The molecule has 0 spiro atoms. The minimum Gasteiger partial charge on any atom is -0.489 e. The van der Waals surface area contributed by atoms with Crippen molar-refractivity contribution >= 4 is 5.97 Å². The lowest BCUT2D eigenvalue weighted by Gasteiger charge is -2.08. The normalized spacial score (nSPS) is 11.0. The van der Waals surface area contributed by atoms with E-state index in [1.54, 1.807) is 19.9 Å². The van der Waals surface area contributed by atoms with Crippen LogP contribution in [0.4, 0.5) is 0 Å². The number of carbonyl (C=O) groups is 1. The van der Waals surface area contributed by atoms with Crippen molar-refractivity contribution in [3.05, 3.63) is 42.0 Å². The molecule has 0 bridgehead atoms. The fourth-order valence-corrected chi connectivity index (χ4v) is 1.16. The Morgan fingerprint density at radius 2 is 2.00 bits per heavy atom. The average Bonchev–Trinajstić information content (AvgIpc) is 2.31. The molecule has 0 heterocycles. The van der Waals surface area contributed by atoms with E-state index in [0.29, 0.717) is 12.2 Å². The minimum absolute atomic E-state index is 0.235. The van der Waals surface area contributed by atoms with E-state index in [-0.39, 0.29) is 12.6 Å². The molecule has 0 unspecified atom stereocenters. The summed E-state index contributed by atoms with van der Waals surface area (Å²) in [6.07, 6.45) is 1.71. The molecule has 0 saturated carbocycles. The number of esters is 1. The molecule has 3 heteroatoms. The van der Waals surface area contributed by atoms with Crippen LogP contribution in [0.2, 0.25) is 0 Å². The Hall–Kier alpha value is -1.77. The number of para-hydroxylation sites is 1. The van der Waals surface area contributed by atoms with Gasteiger partial charge in [-0.05, 0) is 26.0 Å². The molecule has 0 aliphatic rings. The third kappa shape index (κ3) is 3.77. The molecule has 0 aromatic heterocycles. The van der Waals surface area contributed by atoms with Crippen molar-refractivity contribution in [2.75, 3.05) is 13.2 Å². The molecule has 0 amide bonds. The van der Waals surface area contributed by atoms with Crippen LogP contribution in [0, 0.1) is 0 Å². The van der Waals surface area contributed by atoms with Gasteiger partial charge >= 0.3 is 5.97 Å². The molecule has 0 N–H and O–H groups in total. The summed E-state index contributed by atoms with van der Waals surface area (Å²) in [6, 6.07) is 9.37. The molecule has 0 atom stereocenters. The van der Waals surface area contributed by atoms with Gasteiger partial charge < -0.3 is 9.47 Å². The molecule has 86 valence electrons. The number of carbonyl (C=O) groups excluding carboxylic acids is 1. The maximum Gasteiger partial charge on any atom is 0.337 e. The monoisotopic (exact) mass is 220 g/mol. The van der Waals surface area contributed by atoms with Crippen LogP contribution in [0.25, 0.3) is 0 Å². The van der Waals surface area contributed by atoms with Crippen LogP contribution in [-0.2, 0) is 9.53 Å². The van der Waals surface area contributed by atoms with Gasteiger partial charge in [0.25, 0.3) is 0 Å². The van der Waals surface area contributed by atoms with Gasteiger partial charge in [-0.2, -0.15) is 0 Å². The number of hydrogen-bond acceptors (Lipinski definition) is 3. The fraction of sp³-hybridized carbons (Fsp3) is 0.308. The molecule has 1 rings (SSSR count). The van der Waals surface area contributed by atoms with E-state index in [9.17, 15) is 4.79 Å². The maximum atomic E-state index is 11.4. The minimum atomic E-state index is -0.319. The van der Waals surface area contributed by atoms with Crippen LogP contribution in [0.5, 0.6) is 5.75 Å². The van der Waals surface area contributed by atoms with Crippen molar-refractivity contribution in [3.8, 4) is 5.75 Å². The standard InChI is InChI=1S/C13H16O3/c1-3-11(13(14)15-4-2)10-16-12-8-6-5-7-9-12/h3,5-9H,4,10H2,1-2H3/b11-3-. The lowest BCUT2D eigenvalue weighted by Crippen LogP contribution is -2.14. The summed E-state index contributed by atoms with van der Waals surface area (Å²) >= 11 is 0. The molecule has 1 aromatic rings. The van der Waals surface area contributed by atoms with Gasteiger partial charge in [-0.1, -0.05) is 24.3 Å². The molecule has 0 aliphatic carbocycles. The third-order valence-electron chi connectivity index (χ3n) is 2.02. The topological polar surface area (TPSA) is 35.5 Å². The van der Waals surface area contributed by atoms with Crippen molar-refractivity contribution in [2.45, 2.75) is 13.8 Å². The number of ether oxygens (including phenoxy) is 2. The quantitative estimate of drug-likeness (QED) is 0.565. The second-order valence-corrected chi connectivity index (χ2v) is 3.14. The second kappa shape index (κ2) is 6.67. The van der Waals surface area contributed by atoms with E-state index in [1.165, 1.54) is 0 Å². The SMILES string of the molecule is C/C=C(/COc1ccccc1)C(=O)OCC. The van der Waals surface area contributed by atoms with Gasteiger partial charge in [0.2, 0.25) is 0 Å². The highest BCUT2D eigenvalue weighted by Crippen LogP contribution is 2.10. The first kappa shape index (κ1) is 12.3. The van der Waals surface area contributed by atoms with Crippen molar-refractivity contribution in [2.24, 2.45) is 0 Å². The first-order chi connectivity index (χ1) is 7.77. The Labute approximate surface area is 95.7 Å². The van der Waals surface area contributed by atoms with E-state index in [0.717, 1.165) is 5.75 Å². The van der Waals surface area contributed by atoms with Crippen molar-refractivity contribution in [1.82, 2.24) is 0 Å². The molecule has 0 fully saturated rings. The Morgan fingerprint density at radius 3 is 2.56 bits per heavy atom. The van der Waals surface area contributed by atoms with Crippen LogP contribution in [-0.4, -0.2) is 19.2 Å². The van der Waals surface area contributed by atoms with Crippen molar-refractivity contribution in [3.63, 3.8) is 0 Å². The summed E-state index contributed by atoms with van der Waals surface area (Å²) < 4.78 is 10.4. The summed E-state index contributed by atoms with van der Waals surface area (Å²) in [7, 11) is 0. The number of hydrogen-bond donors (Lipinski definition) is 0. The van der Waals surface area contributed by atoms with E-state index in [4.69, 9.17) is 9.47 Å². The Morgan fingerprint density at radius 1 is 1.31 bits per heavy atom. The predicted molar refractivity (Wildman–Crippen MR) is 62.3 cm³/mol. The average molecular weight is 220 g/mol. The molecular formula is C13H16O3. The number of allylic oxidation sites excluding steroid dienone is 1. The van der Waals surface area contributed by atoms with Gasteiger partial charge in [-0.25, -0.2) is 4.79 Å². The van der Waals surface area contributed by atoms with Gasteiger partial charge in [-0.3, -0.25) is 0 Å². The van der Waals surface area contributed by atoms with Gasteiger partial charge in [-0.15, -0.1) is 0 Å². The molecule has 0 saturated heterocycles. The first-order valence-corrected chi connectivity index (χ1v) is 5.28. The summed E-state index contributed by atoms with van der Waals surface area (Å²) in [4.78, 5) is 11.4. The van der Waals surface area contributed by atoms with Gasteiger partial charge in [0.05, 0.1) is 12.2 Å². The van der Waals surface area contributed by atoms with Crippen LogP contribution >= 0.6 is 0 Å². The summed E-state index contributed by atoms with van der Waals surface area (Å²) in [5.41, 5.74) is 0.533.